The first-order valence-corrected chi connectivity index (χ1v) is 7.31. The molecule has 0 aliphatic carbocycles. The summed E-state index contributed by atoms with van der Waals surface area (Å²) in [7, 11) is 4.36. The molecule has 1 aliphatic rings. The molecule has 17 heavy (non-hydrogen) atoms. The van der Waals surface area contributed by atoms with Gasteiger partial charge in [-0.15, -0.1) is 0 Å². The van der Waals surface area contributed by atoms with Crippen LogP contribution in [0.4, 0.5) is 0 Å². The van der Waals surface area contributed by atoms with Crippen LogP contribution in [0.5, 0.6) is 0 Å². The van der Waals surface area contributed by atoms with E-state index in [0.29, 0.717) is 6.04 Å². The van der Waals surface area contributed by atoms with Crippen molar-refractivity contribution in [3.8, 4) is 0 Å². The number of hydrogen-bond acceptors (Lipinski definition) is 3. The van der Waals surface area contributed by atoms with E-state index in [2.05, 4.69) is 43.1 Å². The lowest BCUT2D eigenvalue weighted by atomic mass is 10.1. The Morgan fingerprint density at radius 1 is 1.41 bits per heavy atom. The average molecular weight is 241 g/mol. The van der Waals surface area contributed by atoms with Crippen LogP contribution in [-0.4, -0.2) is 62.2 Å². The van der Waals surface area contributed by atoms with Crippen LogP contribution in [0.15, 0.2) is 0 Å². The van der Waals surface area contributed by atoms with Gasteiger partial charge in [0.25, 0.3) is 0 Å². The van der Waals surface area contributed by atoms with Gasteiger partial charge in [-0.1, -0.05) is 20.3 Å². The Morgan fingerprint density at radius 2 is 2.18 bits per heavy atom. The van der Waals surface area contributed by atoms with Crippen molar-refractivity contribution >= 4 is 0 Å². The van der Waals surface area contributed by atoms with Crippen LogP contribution in [0.25, 0.3) is 0 Å². The number of nitrogens with zero attached hydrogens (tertiary/aromatic N) is 2. The van der Waals surface area contributed by atoms with E-state index in [9.17, 15) is 0 Å². The smallest absolute Gasteiger partial charge is 0.0223 e. The van der Waals surface area contributed by atoms with E-state index in [4.69, 9.17) is 0 Å². The van der Waals surface area contributed by atoms with Gasteiger partial charge in [-0.3, -0.25) is 4.90 Å². The molecule has 1 fully saturated rings. The van der Waals surface area contributed by atoms with E-state index >= 15 is 0 Å². The predicted octanol–water partition coefficient (Wildman–Crippen LogP) is 1.79. The van der Waals surface area contributed by atoms with E-state index in [1.165, 1.54) is 51.9 Å². The fraction of sp³-hybridized carbons (Fsp3) is 1.00. The lowest BCUT2D eigenvalue weighted by Gasteiger charge is -2.30. The van der Waals surface area contributed by atoms with Gasteiger partial charge in [0.2, 0.25) is 0 Å². The van der Waals surface area contributed by atoms with Crippen molar-refractivity contribution < 1.29 is 0 Å². The maximum Gasteiger partial charge on any atom is 0.0223 e. The third-order valence-corrected chi connectivity index (χ3v) is 4.01. The molecule has 0 radical (unpaired) electrons. The highest BCUT2D eigenvalue weighted by molar-refractivity contribution is 4.81. The Kier molecular flexibility index (Phi) is 7.09. The van der Waals surface area contributed by atoms with E-state index in [1.54, 1.807) is 0 Å². The number of rotatable bonds is 8. The summed E-state index contributed by atoms with van der Waals surface area (Å²) >= 11 is 0. The van der Waals surface area contributed by atoms with Crippen LogP contribution >= 0.6 is 0 Å². The average Bonchev–Trinajstić information content (AvgIpc) is 2.75. The zero-order valence-electron chi connectivity index (χ0n) is 12.2. The summed E-state index contributed by atoms with van der Waals surface area (Å²) in [4.78, 5) is 5.14. The van der Waals surface area contributed by atoms with Gasteiger partial charge in [-0.05, 0) is 46.4 Å². The Hall–Kier alpha value is -0.120. The van der Waals surface area contributed by atoms with Gasteiger partial charge in [0.15, 0.2) is 0 Å². The normalized spacial score (nSPS) is 23.5. The van der Waals surface area contributed by atoms with Crippen molar-refractivity contribution in [2.24, 2.45) is 0 Å². The van der Waals surface area contributed by atoms with E-state index in [0.717, 1.165) is 6.04 Å². The van der Waals surface area contributed by atoms with Gasteiger partial charge in [0.1, 0.15) is 0 Å². The molecule has 1 heterocycles. The van der Waals surface area contributed by atoms with E-state index in [1.807, 2.05) is 0 Å². The second kappa shape index (κ2) is 8.06. The molecular formula is C14H31N3. The van der Waals surface area contributed by atoms with Gasteiger partial charge in [-0.2, -0.15) is 0 Å². The molecule has 0 aromatic rings. The summed E-state index contributed by atoms with van der Waals surface area (Å²) in [6, 6.07) is 1.45. The lowest BCUT2D eigenvalue weighted by Crippen LogP contribution is -2.43. The molecule has 1 saturated heterocycles. The summed E-state index contributed by atoms with van der Waals surface area (Å²) in [6.45, 7) is 9.47. The zero-order chi connectivity index (χ0) is 12.7. The molecule has 3 heteroatoms. The quantitative estimate of drug-likeness (QED) is 0.699. The molecule has 102 valence electrons. The van der Waals surface area contributed by atoms with Crippen LogP contribution in [0.3, 0.4) is 0 Å². The summed E-state index contributed by atoms with van der Waals surface area (Å²) in [6.07, 6.45) is 5.32. The molecule has 1 N–H and O–H groups in total. The molecule has 2 unspecified atom stereocenters. The highest BCUT2D eigenvalue weighted by atomic mass is 15.2. The zero-order valence-corrected chi connectivity index (χ0v) is 12.2. The summed E-state index contributed by atoms with van der Waals surface area (Å²) in [5, 5.41) is 3.43. The first-order valence-electron chi connectivity index (χ1n) is 7.31. The standard InChI is InChI=1S/C14H31N3/c1-5-8-13(15-3)11-16(4)12-14-9-7-10-17(14)6-2/h13-15H,5-12H2,1-4H3. The van der Waals surface area contributed by atoms with Crippen LogP contribution in [0.2, 0.25) is 0 Å². The lowest BCUT2D eigenvalue weighted by molar-refractivity contribution is 0.187. The van der Waals surface area contributed by atoms with E-state index in [-0.39, 0.29) is 0 Å². The fourth-order valence-corrected chi connectivity index (χ4v) is 3.00. The Bertz CT molecular complexity index is 196. The van der Waals surface area contributed by atoms with Crippen molar-refractivity contribution in [3.63, 3.8) is 0 Å². The van der Waals surface area contributed by atoms with Crippen LogP contribution in [-0.2, 0) is 0 Å². The second-order valence-electron chi connectivity index (χ2n) is 5.42. The van der Waals surface area contributed by atoms with Gasteiger partial charge in [0.05, 0.1) is 0 Å². The third-order valence-electron chi connectivity index (χ3n) is 4.01. The van der Waals surface area contributed by atoms with Crippen LogP contribution in [0, 0.1) is 0 Å². The Labute approximate surface area is 108 Å². The minimum atomic E-state index is 0.654. The van der Waals surface area contributed by atoms with Crippen molar-refractivity contribution in [2.45, 2.75) is 51.6 Å². The van der Waals surface area contributed by atoms with E-state index < -0.39 is 0 Å². The first kappa shape index (κ1) is 14.9. The van der Waals surface area contributed by atoms with Crippen molar-refractivity contribution in [1.82, 2.24) is 15.1 Å². The monoisotopic (exact) mass is 241 g/mol. The second-order valence-corrected chi connectivity index (χ2v) is 5.42. The number of likely N-dealkylation sites (tertiary alicyclic amines) is 1. The molecule has 0 amide bonds. The van der Waals surface area contributed by atoms with Gasteiger partial charge >= 0.3 is 0 Å². The number of likely N-dealkylation sites (N-methyl/N-ethyl adjacent to an activating group) is 3. The summed E-state index contributed by atoms with van der Waals surface area (Å²) in [5.41, 5.74) is 0. The van der Waals surface area contributed by atoms with Gasteiger partial charge in [-0.25, -0.2) is 0 Å². The SMILES string of the molecule is CCCC(CN(C)CC1CCCN1CC)NC. The maximum absolute atomic E-state index is 3.43. The summed E-state index contributed by atoms with van der Waals surface area (Å²) < 4.78 is 0. The molecular weight excluding hydrogens is 210 g/mol. The Balaban J connectivity index is 2.29. The topological polar surface area (TPSA) is 18.5 Å². The van der Waals surface area contributed by atoms with Gasteiger partial charge in [0, 0.05) is 25.2 Å². The number of nitrogens with one attached hydrogen (secondary N) is 1. The largest absolute Gasteiger partial charge is 0.316 e. The van der Waals surface area contributed by atoms with Crippen LogP contribution in [0.1, 0.15) is 39.5 Å². The molecule has 2 atom stereocenters. The molecule has 1 aliphatic heterocycles. The van der Waals surface area contributed by atoms with Crippen molar-refractivity contribution in [2.75, 3.05) is 40.3 Å². The summed E-state index contributed by atoms with van der Waals surface area (Å²) in [5.74, 6) is 0. The predicted molar refractivity (Wildman–Crippen MR) is 75.5 cm³/mol. The van der Waals surface area contributed by atoms with Crippen molar-refractivity contribution in [3.05, 3.63) is 0 Å². The molecule has 0 saturated carbocycles. The minimum absolute atomic E-state index is 0.654. The molecule has 0 aromatic heterocycles. The number of hydrogen-bond donors (Lipinski definition) is 1. The molecule has 1 rings (SSSR count). The molecule has 0 bridgehead atoms. The fourth-order valence-electron chi connectivity index (χ4n) is 3.00. The third kappa shape index (κ3) is 4.94. The highest BCUT2D eigenvalue weighted by Crippen LogP contribution is 2.17. The first-order chi connectivity index (χ1) is 8.21. The molecule has 0 spiro atoms. The van der Waals surface area contributed by atoms with Gasteiger partial charge < -0.3 is 10.2 Å². The maximum atomic E-state index is 3.43. The minimum Gasteiger partial charge on any atom is -0.316 e. The Morgan fingerprint density at radius 3 is 2.76 bits per heavy atom. The highest BCUT2D eigenvalue weighted by Gasteiger charge is 2.24. The van der Waals surface area contributed by atoms with Crippen LogP contribution < -0.4 is 5.32 Å². The molecule has 3 nitrogen and oxygen atoms in total. The van der Waals surface area contributed by atoms with Crippen molar-refractivity contribution in [1.29, 1.82) is 0 Å². The molecule has 0 aromatic carbocycles.